The largest absolute Gasteiger partial charge is 0.491 e. The molecule has 2 aromatic rings. The topological polar surface area (TPSA) is 56.8 Å². The van der Waals surface area contributed by atoms with Gasteiger partial charge in [-0.05, 0) is 43.5 Å². The smallest absolute Gasteiger partial charge is 0.420 e. The Labute approximate surface area is 179 Å². The molecule has 1 N–H and O–H groups in total. The van der Waals surface area contributed by atoms with E-state index in [1.807, 2.05) is 31.2 Å². The Morgan fingerprint density at radius 3 is 2.39 bits per heavy atom. The van der Waals surface area contributed by atoms with Crippen molar-refractivity contribution in [2.75, 3.05) is 38.9 Å². The monoisotopic (exact) mass is 437 g/mol. The summed E-state index contributed by atoms with van der Waals surface area (Å²) in [5.74, 6) is -0.650. The Morgan fingerprint density at radius 2 is 1.77 bits per heavy atom. The maximum atomic E-state index is 13.6. The molecule has 1 heterocycles. The van der Waals surface area contributed by atoms with Gasteiger partial charge in [-0.1, -0.05) is 29.8 Å². The van der Waals surface area contributed by atoms with Crippen molar-refractivity contribution in [3.05, 3.63) is 59.2 Å². The molecular formula is C23H26F3NO4. The number of methoxy groups -OCH3 is 1. The van der Waals surface area contributed by atoms with Gasteiger partial charge in [0.1, 0.15) is 12.4 Å². The average molecular weight is 437 g/mol. The van der Waals surface area contributed by atoms with Crippen molar-refractivity contribution in [3.8, 4) is 5.75 Å². The number of aryl methyl sites for hydroxylation is 1. The van der Waals surface area contributed by atoms with Crippen LogP contribution in [0, 0.1) is 6.92 Å². The van der Waals surface area contributed by atoms with Gasteiger partial charge in [0.25, 0.3) is 0 Å². The second-order valence-electron chi connectivity index (χ2n) is 7.56. The van der Waals surface area contributed by atoms with Gasteiger partial charge in [0.05, 0.1) is 17.6 Å². The minimum Gasteiger partial charge on any atom is -0.491 e. The molecular weight excluding hydrogens is 411 g/mol. The Bertz CT molecular complexity index is 891. The van der Waals surface area contributed by atoms with Gasteiger partial charge >= 0.3 is 6.18 Å². The molecule has 1 aliphatic heterocycles. The number of halogens is 3. The SMILES string of the molecule is COCCOc1ccc(NC(=O)C2(c3ccc(C)cc3)CCOCC2)cc1C(F)(F)F. The second kappa shape index (κ2) is 9.70. The van der Waals surface area contributed by atoms with Crippen LogP contribution in [0.4, 0.5) is 18.9 Å². The summed E-state index contributed by atoms with van der Waals surface area (Å²) < 4.78 is 56.2. The summed E-state index contributed by atoms with van der Waals surface area (Å²) in [6, 6.07) is 11.2. The van der Waals surface area contributed by atoms with E-state index in [-0.39, 0.29) is 30.6 Å². The quantitative estimate of drug-likeness (QED) is 0.637. The predicted molar refractivity (Wildman–Crippen MR) is 110 cm³/mol. The normalized spacial score (nSPS) is 16.0. The zero-order chi connectivity index (χ0) is 22.5. The van der Waals surface area contributed by atoms with Gasteiger partial charge in [-0.3, -0.25) is 4.79 Å². The van der Waals surface area contributed by atoms with E-state index in [0.717, 1.165) is 17.2 Å². The van der Waals surface area contributed by atoms with Crippen molar-refractivity contribution in [2.45, 2.75) is 31.4 Å². The van der Waals surface area contributed by atoms with E-state index in [2.05, 4.69) is 5.32 Å². The first-order chi connectivity index (χ1) is 14.8. The van der Waals surface area contributed by atoms with E-state index in [1.165, 1.54) is 19.2 Å². The van der Waals surface area contributed by atoms with Crippen LogP contribution in [0.5, 0.6) is 5.75 Å². The van der Waals surface area contributed by atoms with Crippen molar-refractivity contribution in [1.29, 1.82) is 0 Å². The highest BCUT2D eigenvalue weighted by Crippen LogP contribution is 2.40. The number of amides is 1. The Balaban J connectivity index is 1.88. The third-order valence-electron chi connectivity index (χ3n) is 5.47. The Hall–Kier alpha value is -2.58. The summed E-state index contributed by atoms with van der Waals surface area (Å²) in [4.78, 5) is 13.3. The molecule has 0 spiro atoms. The van der Waals surface area contributed by atoms with Gasteiger partial charge in [-0.25, -0.2) is 0 Å². The van der Waals surface area contributed by atoms with Gasteiger partial charge in [-0.15, -0.1) is 0 Å². The molecule has 0 aliphatic carbocycles. The first-order valence-electron chi connectivity index (χ1n) is 10.1. The van der Waals surface area contributed by atoms with Gasteiger partial charge in [0.15, 0.2) is 0 Å². The van der Waals surface area contributed by atoms with E-state index < -0.39 is 17.2 Å². The molecule has 0 bridgehead atoms. The first-order valence-corrected chi connectivity index (χ1v) is 10.1. The van der Waals surface area contributed by atoms with Crippen LogP contribution in [0.25, 0.3) is 0 Å². The van der Waals surface area contributed by atoms with E-state index in [4.69, 9.17) is 14.2 Å². The van der Waals surface area contributed by atoms with E-state index in [1.54, 1.807) is 0 Å². The molecule has 5 nitrogen and oxygen atoms in total. The molecule has 31 heavy (non-hydrogen) atoms. The zero-order valence-electron chi connectivity index (χ0n) is 17.6. The van der Waals surface area contributed by atoms with Gasteiger partial charge < -0.3 is 19.5 Å². The minimum absolute atomic E-state index is 0.0121. The fraction of sp³-hybridized carbons (Fsp3) is 0.435. The lowest BCUT2D eigenvalue weighted by atomic mass is 9.73. The molecule has 168 valence electrons. The third-order valence-corrected chi connectivity index (χ3v) is 5.47. The summed E-state index contributed by atoms with van der Waals surface area (Å²) in [5.41, 5.74) is 0.143. The van der Waals surface area contributed by atoms with Crippen LogP contribution in [-0.2, 0) is 25.9 Å². The van der Waals surface area contributed by atoms with Crippen molar-refractivity contribution >= 4 is 11.6 Å². The second-order valence-corrected chi connectivity index (χ2v) is 7.56. The molecule has 0 atom stereocenters. The number of benzene rings is 2. The van der Waals surface area contributed by atoms with E-state index in [0.29, 0.717) is 26.1 Å². The Kier molecular flexibility index (Phi) is 7.23. The molecule has 2 aromatic carbocycles. The maximum absolute atomic E-state index is 13.6. The van der Waals surface area contributed by atoms with Gasteiger partial charge in [0, 0.05) is 26.0 Å². The molecule has 1 amide bonds. The molecule has 3 rings (SSSR count). The lowest BCUT2D eigenvalue weighted by molar-refractivity contribution is -0.139. The van der Waals surface area contributed by atoms with Gasteiger partial charge in [0.2, 0.25) is 5.91 Å². The van der Waals surface area contributed by atoms with Crippen molar-refractivity contribution < 1.29 is 32.2 Å². The molecule has 0 radical (unpaired) electrons. The van der Waals surface area contributed by atoms with Crippen molar-refractivity contribution in [1.82, 2.24) is 0 Å². The van der Waals surface area contributed by atoms with Crippen LogP contribution in [0.15, 0.2) is 42.5 Å². The molecule has 8 heteroatoms. The molecule has 1 fully saturated rings. The number of carbonyl (C=O) groups excluding carboxylic acids is 1. The summed E-state index contributed by atoms with van der Waals surface area (Å²) in [5, 5.41) is 2.70. The minimum atomic E-state index is -4.63. The molecule has 0 saturated carbocycles. The molecule has 0 unspecified atom stereocenters. The fourth-order valence-corrected chi connectivity index (χ4v) is 3.68. The number of ether oxygens (including phenoxy) is 3. The zero-order valence-corrected chi connectivity index (χ0v) is 17.6. The van der Waals surface area contributed by atoms with Crippen LogP contribution in [0.2, 0.25) is 0 Å². The number of hydrogen-bond acceptors (Lipinski definition) is 4. The lowest BCUT2D eigenvalue weighted by Crippen LogP contribution is -2.44. The van der Waals surface area contributed by atoms with E-state index in [9.17, 15) is 18.0 Å². The summed E-state index contributed by atoms with van der Waals surface area (Å²) in [7, 11) is 1.44. The summed E-state index contributed by atoms with van der Waals surface area (Å²) >= 11 is 0. The highest BCUT2D eigenvalue weighted by Gasteiger charge is 2.42. The first kappa shape index (κ1) is 23.1. The van der Waals surface area contributed by atoms with Crippen molar-refractivity contribution in [2.24, 2.45) is 0 Å². The van der Waals surface area contributed by atoms with Crippen LogP contribution in [0.3, 0.4) is 0 Å². The standard InChI is InChI=1S/C23H26F3NO4/c1-16-3-5-17(6-4-16)22(9-11-30-12-10-22)21(28)27-18-7-8-20(31-14-13-29-2)19(15-18)23(24,25)26/h3-8,15H,9-14H2,1-2H3,(H,27,28). The molecule has 1 aliphatic rings. The number of rotatable bonds is 7. The number of anilines is 1. The van der Waals surface area contributed by atoms with Gasteiger partial charge in [-0.2, -0.15) is 13.2 Å². The van der Waals surface area contributed by atoms with E-state index >= 15 is 0 Å². The molecule has 1 saturated heterocycles. The highest BCUT2D eigenvalue weighted by molar-refractivity contribution is 5.99. The summed E-state index contributed by atoms with van der Waals surface area (Å²) in [6.07, 6.45) is -3.73. The number of nitrogens with one attached hydrogen (secondary N) is 1. The predicted octanol–water partition coefficient (Wildman–Crippen LogP) is 4.73. The Morgan fingerprint density at radius 1 is 1.10 bits per heavy atom. The number of hydrogen-bond donors (Lipinski definition) is 1. The average Bonchev–Trinajstić information content (AvgIpc) is 2.75. The van der Waals surface area contributed by atoms with Crippen LogP contribution in [0.1, 0.15) is 29.5 Å². The van der Waals surface area contributed by atoms with Crippen LogP contribution in [-0.4, -0.2) is 39.4 Å². The number of carbonyl (C=O) groups is 1. The van der Waals surface area contributed by atoms with Crippen molar-refractivity contribution in [3.63, 3.8) is 0 Å². The maximum Gasteiger partial charge on any atom is 0.420 e. The fourth-order valence-electron chi connectivity index (χ4n) is 3.68. The molecule has 0 aromatic heterocycles. The number of alkyl halides is 3. The van der Waals surface area contributed by atoms with Crippen LogP contribution >= 0.6 is 0 Å². The lowest BCUT2D eigenvalue weighted by Gasteiger charge is -2.36. The van der Waals surface area contributed by atoms with Crippen LogP contribution < -0.4 is 10.1 Å². The third kappa shape index (κ3) is 5.37. The highest BCUT2D eigenvalue weighted by atomic mass is 19.4. The summed E-state index contributed by atoms with van der Waals surface area (Å²) in [6.45, 7) is 2.91.